The molecule has 2 amide bonds. The molecule has 1 fully saturated rings. The summed E-state index contributed by atoms with van der Waals surface area (Å²) < 4.78 is 13.3. The standard InChI is InChI=1S/C23H22FN3O2S2/c24-18-8-5-16(6-9-18)22(19-4-3-13-30-19)26-20(28)15-31-21-10-7-17(14-25-21)23(29)27-11-1-2-12-27/h3-10,13-14,22H,1-2,11-12,15H2,(H,26,28). The number of likely N-dealkylation sites (tertiary alicyclic amines) is 1. The average Bonchev–Trinajstić information content (AvgIpc) is 3.51. The van der Waals surface area contributed by atoms with Gasteiger partial charge in [-0.25, -0.2) is 9.37 Å². The highest BCUT2D eigenvalue weighted by Crippen LogP contribution is 2.27. The second kappa shape index (κ2) is 10.1. The Morgan fingerprint density at radius 1 is 1.13 bits per heavy atom. The fraction of sp³-hybridized carbons (Fsp3) is 0.261. The van der Waals surface area contributed by atoms with E-state index in [2.05, 4.69) is 10.3 Å². The number of hydrogen-bond acceptors (Lipinski definition) is 5. The number of rotatable bonds is 7. The average molecular weight is 456 g/mol. The van der Waals surface area contributed by atoms with Crippen molar-refractivity contribution in [2.75, 3.05) is 18.8 Å². The third-order valence-electron chi connectivity index (χ3n) is 5.06. The largest absolute Gasteiger partial charge is 0.344 e. The molecule has 1 aliphatic heterocycles. The number of nitrogens with one attached hydrogen (secondary N) is 1. The third kappa shape index (κ3) is 5.51. The molecule has 4 rings (SSSR count). The quantitative estimate of drug-likeness (QED) is 0.532. The van der Waals surface area contributed by atoms with Gasteiger partial charge in [-0.3, -0.25) is 9.59 Å². The first kappa shape index (κ1) is 21.5. The van der Waals surface area contributed by atoms with E-state index in [4.69, 9.17) is 0 Å². The minimum atomic E-state index is -0.331. The fourth-order valence-corrected chi connectivity index (χ4v) is 4.92. The Hall–Kier alpha value is -2.71. The van der Waals surface area contributed by atoms with Crippen molar-refractivity contribution in [2.24, 2.45) is 0 Å². The van der Waals surface area contributed by atoms with Gasteiger partial charge < -0.3 is 10.2 Å². The Morgan fingerprint density at radius 2 is 1.90 bits per heavy atom. The van der Waals surface area contributed by atoms with Gasteiger partial charge in [-0.1, -0.05) is 30.0 Å². The van der Waals surface area contributed by atoms with Crippen LogP contribution in [-0.4, -0.2) is 40.5 Å². The Labute approximate surface area is 188 Å². The van der Waals surface area contributed by atoms with Gasteiger partial charge in [0.15, 0.2) is 0 Å². The predicted molar refractivity (Wildman–Crippen MR) is 121 cm³/mol. The van der Waals surface area contributed by atoms with Crippen LogP contribution in [0.25, 0.3) is 0 Å². The predicted octanol–water partition coefficient (Wildman–Crippen LogP) is 4.52. The van der Waals surface area contributed by atoms with E-state index < -0.39 is 0 Å². The van der Waals surface area contributed by atoms with Crippen LogP contribution in [0.4, 0.5) is 4.39 Å². The van der Waals surface area contributed by atoms with E-state index in [0.717, 1.165) is 36.4 Å². The van der Waals surface area contributed by atoms with Gasteiger partial charge in [0.1, 0.15) is 5.82 Å². The highest BCUT2D eigenvalue weighted by molar-refractivity contribution is 7.99. The summed E-state index contributed by atoms with van der Waals surface area (Å²) in [6.07, 6.45) is 3.67. The normalized spacial score (nSPS) is 14.4. The highest BCUT2D eigenvalue weighted by Gasteiger charge is 2.20. The van der Waals surface area contributed by atoms with Gasteiger partial charge in [0.2, 0.25) is 5.91 Å². The number of pyridine rings is 1. The number of nitrogens with zero attached hydrogens (tertiary/aromatic N) is 2. The van der Waals surface area contributed by atoms with Crippen molar-refractivity contribution >= 4 is 34.9 Å². The van der Waals surface area contributed by atoms with Gasteiger partial charge >= 0.3 is 0 Å². The summed E-state index contributed by atoms with van der Waals surface area (Å²) in [6, 6.07) is 13.2. The van der Waals surface area contributed by atoms with Crippen molar-refractivity contribution in [3.8, 4) is 0 Å². The van der Waals surface area contributed by atoms with E-state index in [0.29, 0.717) is 10.6 Å². The van der Waals surface area contributed by atoms with E-state index >= 15 is 0 Å². The molecule has 5 nitrogen and oxygen atoms in total. The smallest absolute Gasteiger partial charge is 0.255 e. The second-order valence-electron chi connectivity index (χ2n) is 7.24. The van der Waals surface area contributed by atoms with Gasteiger partial charge in [0, 0.05) is 24.2 Å². The van der Waals surface area contributed by atoms with Crippen molar-refractivity contribution in [3.63, 3.8) is 0 Å². The number of carbonyl (C=O) groups excluding carboxylic acids is 2. The number of halogens is 1. The van der Waals surface area contributed by atoms with E-state index in [1.54, 1.807) is 30.5 Å². The van der Waals surface area contributed by atoms with Crippen molar-refractivity contribution in [1.29, 1.82) is 0 Å². The number of thioether (sulfide) groups is 1. The van der Waals surface area contributed by atoms with Crippen molar-refractivity contribution in [2.45, 2.75) is 23.9 Å². The van der Waals surface area contributed by atoms with Gasteiger partial charge in [0.25, 0.3) is 5.91 Å². The van der Waals surface area contributed by atoms with Crippen LogP contribution < -0.4 is 5.32 Å². The summed E-state index contributed by atoms with van der Waals surface area (Å²) in [6.45, 7) is 1.60. The maximum atomic E-state index is 13.3. The molecule has 0 saturated carbocycles. The van der Waals surface area contributed by atoms with Gasteiger partial charge in [0.05, 0.1) is 22.4 Å². The number of benzene rings is 1. The molecule has 0 spiro atoms. The lowest BCUT2D eigenvalue weighted by atomic mass is 10.1. The van der Waals surface area contributed by atoms with E-state index in [1.165, 1.54) is 35.2 Å². The van der Waals surface area contributed by atoms with Crippen LogP contribution in [0.2, 0.25) is 0 Å². The second-order valence-corrected chi connectivity index (χ2v) is 9.22. The first-order valence-corrected chi connectivity index (χ1v) is 11.9. The van der Waals surface area contributed by atoms with Crippen molar-refractivity contribution < 1.29 is 14.0 Å². The summed E-state index contributed by atoms with van der Waals surface area (Å²) >= 11 is 2.85. The molecular weight excluding hydrogens is 433 g/mol. The number of hydrogen-bond donors (Lipinski definition) is 1. The molecule has 3 aromatic rings. The SMILES string of the molecule is O=C(CSc1ccc(C(=O)N2CCCC2)cn1)NC(c1ccc(F)cc1)c1cccs1. The van der Waals surface area contributed by atoms with Crippen LogP contribution in [0.5, 0.6) is 0 Å². The first-order chi connectivity index (χ1) is 15.1. The molecule has 3 heterocycles. The molecule has 0 aliphatic carbocycles. The molecular formula is C23H22FN3O2S2. The van der Waals surface area contributed by atoms with Crippen LogP contribution in [-0.2, 0) is 4.79 Å². The van der Waals surface area contributed by atoms with Crippen LogP contribution in [0.1, 0.15) is 39.7 Å². The summed E-state index contributed by atoms with van der Waals surface area (Å²) in [4.78, 5) is 32.2. The maximum Gasteiger partial charge on any atom is 0.255 e. The molecule has 8 heteroatoms. The van der Waals surface area contributed by atoms with Gasteiger partial charge in [-0.2, -0.15) is 0 Å². The molecule has 0 radical (unpaired) electrons. The zero-order valence-corrected chi connectivity index (χ0v) is 18.4. The molecule has 1 saturated heterocycles. The van der Waals surface area contributed by atoms with Crippen LogP contribution in [0.3, 0.4) is 0 Å². The highest BCUT2D eigenvalue weighted by atomic mass is 32.2. The van der Waals surface area contributed by atoms with E-state index in [-0.39, 0.29) is 29.4 Å². The summed E-state index contributed by atoms with van der Waals surface area (Å²) in [7, 11) is 0. The zero-order chi connectivity index (χ0) is 21.6. The van der Waals surface area contributed by atoms with E-state index in [9.17, 15) is 14.0 Å². The fourth-order valence-electron chi connectivity index (χ4n) is 3.47. The third-order valence-corrected chi connectivity index (χ3v) is 6.95. The monoisotopic (exact) mass is 455 g/mol. The lowest BCUT2D eigenvalue weighted by Crippen LogP contribution is -2.30. The molecule has 160 valence electrons. The summed E-state index contributed by atoms with van der Waals surface area (Å²) in [5.41, 5.74) is 1.40. The molecule has 31 heavy (non-hydrogen) atoms. The lowest BCUT2D eigenvalue weighted by Gasteiger charge is -2.18. The van der Waals surface area contributed by atoms with Gasteiger partial charge in [-0.05, 0) is 54.1 Å². The summed E-state index contributed by atoms with van der Waals surface area (Å²) in [5, 5.41) is 5.66. The molecule has 1 atom stereocenters. The van der Waals surface area contributed by atoms with E-state index in [1.807, 2.05) is 22.4 Å². The first-order valence-electron chi connectivity index (χ1n) is 10.1. The lowest BCUT2D eigenvalue weighted by molar-refractivity contribution is -0.119. The number of carbonyl (C=O) groups is 2. The minimum Gasteiger partial charge on any atom is -0.344 e. The van der Waals surface area contributed by atoms with Crippen LogP contribution >= 0.6 is 23.1 Å². The minimum absolute atomic E-state index is 0.0115. The maximum absolute atomic E-state index is 13.3. The Bertz CT molecular complexity index is 1020. The van der Waals surface area contributed by atoms with Crippen LogP contribution in [0.15, 0.2) is 65.1 Å². The Morgan fingerprint density at radius 3 is 2.55 bits per heavy atom. The van der Waals surface area contributed by atoms with Gasteiger partial charge in [-0.15, -0.1) is 11.3 Å². The molecule has 1 aromatic carbocycles. The molecule has 1 N–H and O–H groups in total. The molecule has 1 unspecified atom stereocenters. The number of amides is 2. The van der Waals surface area contributed by atoms with Crippen molar-refractivity contribution in [3.05, 3.63) is 81.9 Å². The van der Waals surface area contributed by atoms with Crippen LogP contribution in [0, 0.1) is 5.82 Å². The topological polar surface area (TPSA) is 62.3 Å². The number of thiophene rings is 1. The van der Waals surface area contributed by atoms with Crippen molar-refractivity contribution in [1.82, 2.24) is 15.2 Å². The number of aromatic nitrogens is 1. The summed E-state index contributed by atoms with van der Waals surface area (Å²) in [5.74, 6) is -0.257. The molecule has 0 bridgehead atoms. The zero-order valence-electron chi connectivity index (χ0n) is 16.8. The molecule has 2 aromatic heterocycles. The molecule has 1 aliphatic rings. The Balaban J connectivity index is 1.36. The Kier molecular flexibility index (Phi) is 6.99.